The molecule has 1 aromatic carbocycles. The first kappa shape index (κ1) is 23.1. The number of ketones is 1. The first-order valence-corrected chi connectivity index (χ1v) is 11.9. The lowest BCUT2D eigenvalue weighted by atomic mass is 9.77. The highest BCUT2D eigenvalue weighted by molar-refractivity contribution is 6.11. The van der Waals surface area contributed by atoms with Gasteiger partial charge in [-0.15, -0.1) is 0 Å². The van der Waals surface area contributed by atoms with Crippen molar-refractivity contribution < 1.29 is 32.9 Å². The molecule has 5 rings (SSSR count). The van der Waals surface area contributed by atoms with Crippen LogP contribution in [0.15, 0.2) is 29.5 Å². The van der Waals surface area contributed by atoms with Crippen molar-refractivity contribution in [1.29, 1.82) is 0 Å². The maximum absolute atomic E-state index is 14.2. The Morgan fingerprint density at radius 3 is 2.56 bits per heavy atom. The zero-order valence-electron chi connectivity index (χ0n) is 19.6. The first-order valence-electron chi connectivity index (χ1n) is 11.9. The molecule has 3 heterocycles. The van der Waals surface area contributed by atoms with Crippen LogP contribution in [0.1, 0.15) is 30.9 Å². The molecule has 2 fully saturated rings. The molecule has 184 valence electrons. The quantitative estimate of drug-likeness (QED) is 0.626. The van der Waals surface area contributed by atoms with Gasteiger partial charge < -0.3 is 23.8 Å². The van der Waals surface area contributed by atoms with Crippen LogP contribution in [0.2, 0.25) is 0 Å². The van der Waals surface area contributed by atoms with Gasteiger partial charge in [0.1, 0.15) is 12.3 Å². The highest BCUT2D eigenvalue weighted by Crippen LogP contribution is 2.48. The van der Waals surface area contributed by atoms with Gasteiger partial charge in [-0.2, -0.15) is 0 Å². The summed E-state index contributed by atoms with van der Waals surface area (Å²) in [4.78, 5) is 31.2. The van der Waals surface area contributed by atoms with Crippen molar-refractivity contribution in [3.8, 4) is 11.5 Å². The van der Waals surface area contributed by atoms with Crippen LogP contribution in [0.5, 0.6) is 11.5 Å². The van der Waals surface area contributed by atoms with E-state index in [0.29, 0.717) is 56.2 Å². The number of fused-ring (bicyclic) bond motifs is 1. The molecule has 4 aliphatic rings. The van der Waals surface area contributed by atoms with Gasteiger partial charge >= 0.3 is 0 Å². The highest BCUT2D eigenvalue weighted by Gasteiger charge is 2.53. The fourth-order valence-electron chi connectivity index (χ4n) is 5.54. The summed E-state index contributed by atoms with van der Waals surface area (Å²) in [5, 5.41) is 0. The predicted octanol–water partition coefficient (Wildman–Crippen LogP) is 2.28. The summed E-state index contributed by atoms with van der Waals surface area (Å²) in [7, 11) is 3.10. The topological polar surface area (TPSA) is 77.5 Å². The second kappa shape index (κ2) is 9.54. The van der Waals surface area contributed by atoms with E-state index in [4.69, 9.17) is 18.9 Å². The van der Waals surface area contributed by atoms with Crippen molar-refractivity contribution in [3.63, 3.8) is 0 Å². The van der Waals surface area contributed by atoms with E-state index in [1.54, 1.807) is 31.3 Å². The normalized spacial score (nSPS) is 29.6. The average molecular weight is 475 g/mol. The van der Waals surface area contributed by atoms with E-state index in [1.165, 1.54) is 0 Å². The van der Waals surface area contributed by atoms with Crippen LogP contribution in [0.25, 0.3) is 0 Å². The molecule has 0 spiro atoms. The van der Waals surface area contributed by atoms with E-state index >= 15 is 0 Å². The molecule has 1 aromatic rings. The Hall–Kier alpha value is -2.65. The Kier molecular flexibility index (Phi) is 6.48. The second-order valence-corrected chi connectivity index (χ2v) is 9.25. The number of hydrogen-bond donors (Lipinski definition) is 0. The summed E-state index contributed by atoms with van der Waals surface area (Å²) in [6.07, 6.45) is -0.528. The average Bonchev–Trinajstić information content (AvgIpc) is 3.15. The highest BCUT2D eigenvalue weighted by atomic mass is 19.1. The lowest BCUT2D eigenvalue weighted by Gasteiger charge is -2.36. The Labute approximate surface area is 198 Å². The van der Waals surface area contributed by atoms with Crippen molar-refractivity contribution >= 4 is 11.7 Å². The van der Waals surface area contributed by atoms with E-state index in [-0.39, 0.29) is 23.9 Å². The van der Waals surface area contributed by atoms with Gasteiger partial charge in [0.05, 0.1) is 45.0 Å². The number of methoxy groups -OCH3 is 2. The van der Waals surface area contributed by atoms with Crippen LogP contribution in [0.4, 0.5) is 4.39 Å². The molecule has 1 amide bonds. The number of halogens is 1. The van der Waals surface area contributed by atoms with Crippen LogP contribution in [-0.2, 0) is 19.1 Å². The van der Waals surface area contributed by atoms with E-state index in [9.17, 15) is 14.0 Å². The standard InChI is InChI=1S/C25H31FN2O6/c1-31-19-5-3-15(13-20(19)32-2)22-21-23(29)17-14-16(26)4-6-18(17)34-24(21)25(30)28(22)8-7-27-9-11-33-12-10-27/h3,5,13,16-18,22H,4,6-12,14H2,1-2H3. The smallest absolute Gasteiger partial charge is 0.290 e. The van der Waals surface area contributed by atoms with Crippen molar-refractivity contribution in [1.82, 2.24) is 9.80 Å². The van der Waals surface area contributed by atoms with Gasteiger partial charge in [0.2, 0.25) is 0 Å². The molecule has 9 heteroatoms. The van der Waals surface area contributed by atoms with Crippen LogP contribution in [0.3, 0.4) is 0 Å². The monoisotopic (exact) mass is 474 g/mol. The molecule has 1 saturated heterocycles. The van der Waals surface area contributed by atoms with Crippen molar-refractivity contribution in [3.05, 3.63) is 35.1 Å². The van der Waals surface area contributed by atoms with Gasteiger partial charge in [-0.3, -0.25) is 14.5 Å². The van der Waals surface area contributed by atoms with E-state index in [1.807, 2.05) is 6.07 Å². The van der Waals surface area contributed by atoms with Gasteiger partial charge in [0.25, 0.3) is 5.91 Å². The molecule has 1 aliphatic carbocycles. The number of rotatable bonds is 6. The largest absolute Gasteiger partial charge is 0.493 e. The summed E-state index contributed by atoms with van der Waals surface area (Å²) >= 11 is 0. The molecule has 0 N–H and O–H groups in total. The summed E-state index contributed by atoms with van der Waals surface area (Å²) < 4.78 is 36.6. The van der Waals surface area contributed by atoms with Crippen LogP contribution in [-0.4, -0.2) is 87.4 Å². The molecule has 0 bridgehead atoms. The van der Waals surface area contributed by atoms with Gasteiger partial charge in [0, 0.05) is 26.2 Å². The van der Waals surface area contributed by atoms with Gasteiger partial charge in [-0.25, -0.2) is 4.39 Å². The SMILES string of the molecule is COc1ccc(C2C3=C(OC4CCC(F)CC4C3=O)C(=O)N2CCN2CCOCC2)cc1OC. The van der Waals surface area contributed by atoms with E-state index in [0.717, 1.165) is 18.7 Å². The molecule has 1 saturated carbocycles. The van der Waals surface area contributed by atoms with Crippen molar-refractivity contribution in [2.75, 3.05) is 53.6 Å². The number of carbonyl (C=O) groups is 2. The molecule has 8 nitrogen and oxygen atoms in total. The number of morpholine rings is 1. The number of amides is 1. The fraction of sp³-hybridized carbons (Fsp3) is 0.600. The molecule has 4 atom stereocenters. The molecule has 34 heavy (non-hydrogen) atoms. The van der Waals surface area contributed by atoms with Gasteiger partial charge in [-0.05, 0) is 37.0 Å². The van der Waals surface area contributed by atoms with E-state index < -0.39 is 24.2 Å². The maximum Gasteiger partial charge on any atom is 0.290 e. The van der Waals surface area contributed by atoms with Crippen molar-refractivity contribution in [2.45, 2.75) is 37.6 Å². The Morgan fingerprint density at radius 2 is 1.82 bits per heavy atom. The third-order valence-corrected chi connectivity index (χ3v) is 7.36. The molecule has 0 radical (unpaired) electrons. The summed E-state index contributed by atoms with van der Waals surface area (Å²) in [6, 6.07) is 4.80. The maximum atomic E-state index is 14.2. The molecule has 0 aromatic heterocycles. The fourth-order valence-corrected chi connectivity index (χ4v) is 5.54. The second-order valence-electron chi connectivity index (χ2n) is 9.25. The van der Waals surface area contributed by atoms with Crippen LogP contribution in [0, 0.1) is 5.92 Å². The number of ether oxygens (including phenoxy) is 4. The number of nitrogens with zero attached hydrogens (tertiary/aromatic N) is 2. The van der Waals surface area contributed by atoms with Gasteiger partial charge in [-0.1, -0.05) is 6.07 Å². The number of benzene rings is 1. The number of carbonyl (C=O) groups excluding carboxylic acids is 2. The van der Waals surface area contributed by atoms with Crippen LogP contribution < -0.4 is 9.47 Å². The minimum absolute atomic E-state index is 0.130. The number of Topliss-reactive ketones (excluding diaryl/α,β-unsaturated/α-hetero) is 1. The number of hydrogen-bond acceptors (Lipinski definition) is 7. The minimum atomic E-state index is -1.02. The molecular formula is C25H31FN2O6. The Balaban J connectivity index is 1.51. The Morgan fingerprint density at radius 1 is 1.06 bits per heavy atom. The van der Waals surface area contributed by atoms with Crippen molar-refractivity contribution in [2.24, 2.45) is 5.92 Å². The lowest BCUT2D eigenvalue weighted by Crippen LogP contribution is -2.43. The zero-order valence-corrected chi connectivity index (χ0v) is 19.6. The molecule has 4 unspecified atom stereocenters. The van der Waals surface area contributed by atoms with Gasteiger partial charge in [0.15, 0.2) is 23.0 Å². The predicted molar refractivity (Wildman–Crippen MR) is 120 cm³/mol. The summed E-state index contributed by atoms with van der Waals surface area (Å²) in [6.45, 7) is 4.02. The lowest BCUT2D eigenvalue weighted by molar-refractivity contribution is -0.136. The summed E-state index contributed by atoms with van der Waals surface area (Å²) in [5.74, 6) is 0.192. The number of alkyl halides is 1. The van der Waals surface area contributed by atoms with E-state index in [2.05, 4.69) is 4.90 Å². The summed E-state index contributed by atoms with van der Waals surface area (Å²) in [5.41, 5.74) is 1.08. The molecule has 3 aliphatic heterocycles. The Bertz CT molecular complexity index is 992. The zero-order chi connectivity index (χ0) is 23.8. The first-order chi connectivity index (χ1) is 16.5. The molecular weight excluding hydrogens is 443 g/mol. The third-order valence-electron chi connectivity index (χ3n) is 7.36. The van der Waals surface area contributed by atoms with Crippen LogP contribution >= 0.6 is 0 Å². The third kappa shape index (κ3) is 4.05. The minimum Gasteiger partial charge on any atom is -0.493 e.